The highest BCUT2D eigenvalue weighted by Gasteiger charge is 2.18. The van der Waals surface area contributed by atoms with Crippen LogP contribution >= 0.6 is 0 Å². The molecule has 0 saturated carbocycles. The molecule has 194 valence electrons. The maximum atomic E-state index is 5.00. The molecule has 0 bridgehead atoms. The first kappa shape index (κ1) is 23.1. The summed E-state index contributed by atoms with van der Waals surface area (Å²) in [6, 6.07) is 19.7. The van der Waals surface area contributed by atoms with Crippen LogP contribution in [0.15, 0.2) is 73.2 Å². The largest absolute Gasteiger partial charge is 0.341 e. The van der Waals surface area contributed by atoms with E-state index in [0.717, 1.165) is 77.3 Å². The molecular formula is C34H28N6. The number of nitrogens with zero attached hydrogens (tertiary/aromatic N) is 4. The molecule has 0 fully saturated rings. The highest BCUT2D eigenvalue weighted by atomic mass is 14.9. The Kier molecular flexibility index (Phi) is 4.81. The van der Waals surface area contributed by atoms with E-state index in [1.165, 1.54) is 10.8 Å². The van der Waals surface area contributed by atoms with Crippen molar-refractivity contribution in [1.82, 2.24) is 29.9 Å². The average molecular weight is 521 g/mol. The second-order valence-corrected chi connectivity index (χ2v) is 11.3. The molecule has 0 amide bonds. The highest BCUT2D eigenvalue weighted by Crippen LogP contribution is 2.39. The van der Waals surface area contributed by atoms with E-state index in [1.54, 1.807) is 0 Å². The molecule has 6 heteroatoms. The number of hydrogen-bond acceptors (Lipinski definition) is 4. The topological polar surface area (TPSA) is 83.1 Å². The highest BCUT2D eigenvalue weighted by molar-refractivity contribution is 6.24. The second kappa shape index (κ2) is 8.33. The van der Waals surface area contributed by atoms with Gasteiger partial charge in [0.25, 0.3) is 0 Å². The monoisotopic (exact) mass is 520 g/mol. The lowest BCUT2D eigenvalue weighted by molar-refractivity contribution is 0.799. The third-order valence-electron chi connectivity index (χ3n) is 8.14. The van der Waals surface area contributed by atoms with Crippen LogP contribution in [0, 0.1) is 0 Å². The number of pyridine rings is 2. The fourth-order valence-corrected chi connectivity index (χ4v) is 6.04. The molecular weight excluding hydrogens is 492 g/mol. The van der Waals surface area contributed by atoms with Gasteiger partial charge >= 0.3 is 0 Å². The van der Waals surface area contributed by atoms with Gasteiger partial charge in [-0.3, -0.25) is 9.97 Å². The van der Waals surface area contributed by atoms with E-state index in [9.17, 15) is 0 Å². The van der Waals surface area contributed by atoms with Gasteiger partial charge in [0.15, 0.2) is 0 Å². The molecule has 0 atom stereocenters. The Hall–Kier alpha value is -4.84. The Balaban J connectivity index is 1.41. The van der Waals surface area contributed by atoms with Gasteiger partial charge < -0.3 is 9.97 Å². The van der Waals surface area contributed by atoms with Crippen LogP contribution in [0.4, 0.5) is 0 Å². The first-order valence-corrected chi connectivity index (χ1v) is 13.9. The number of H-pyrrole nitrogens is 2. The van der Waals surface area contributed by atoms with Crippen molar-refractivity contribution in [3.63, 3.8) is 0 Å². The Morgan fingerprint density at radius 2 is 1.18 bits per heavy atom. The molecule has 4 heterocycles. The molecule has 0 aliphatic rings. The zero-order chi connectivity index (χ0) is 27.1. The van der Waals surface area contributed by atoms with Gasteiger partial charge in [0.1, 0.15) is 11.6 Å². The lowest BCUT2D eigenvalue weighted by Crippen LogP contribution is -1.88. The number of hydrogen-bond donors (Lipinski definition) is 2. The number of fused-ring (bicyclic) bond motifs is 12. The van der Waals surface area contributed by atoms with Gasteiger partial charge in [-0.05, 0) is 51.6 Å². The van der Waals surface area contributed by atoms with Crippen molar-refractivity contribution in [2.45, 2.75) is 39.5 Å². The summed E-state index contributed by atoms with van der Waals surface area (Å²) >= 11 is 0. The number of aromatic nitrogens is 6. The third-order valence-corrected chi connectivity index (χ3v) is 8.14. The van der Waals surface area contributed by atoms with Crippen molar-refractivity contribution in [2.75, 3.05) is 0 Å². The summed E-state index contributed by atoms with van der Waals surface area (Å²) in [6.07, 6.45) is 5.66. The quantitative estimate of drug-likeness (QED) is 0.228. The fourth-order valence-electron chi connectivity index (χ4n) is 6.04. The zero-order valence-corrected chi connectivity index (χ0v) is 22.9. The standard InChI is InChI=1S/C34H28N6/c1-17(2)33-37-29-23-9-7-19(14-25(23)21-11-13-35-16-27(21)31(29)39-33)20-8-10-24-26(15-20)22-6-5-12-36-28(22)32-30(24)38-34(40-32)18(3)4/h5-18H,1-4H3,(H,37,39)(H,38,40). The van der Waals surface area contributed by atoms with E-state index < -0.39 is 0 Å². The minimum atomic E-state index is 0.307. The van der Waals surface area contributed by atoms with Crippen LogP contribution in [0.3, 0.4) is 0 Å². The van der Waals surface area contributed by atoms with E-state index in [2.05, 4.69) is 91.2 Å². The molecule has 4 aromatic heterocycles. The maximum Gasteiger partial charge on any atom is 0.109 e. The molecule has 8 aromatic rings. The molecule has 4 aromatic carbocycles. The average Bonchev–Trinajstić information content (AvgIpc) is 3.64. The van der Waals surface area contributed by atoms with Crippen LogP contribution in [0.25, 0.3) is 76.4 Å². The summed E-state index contributed by atoms with van der Waals surface area (Å²) < 4.78 is 0. The smallest absolute Gasteiger partial charge is 0.109 e. The number of benzene rings is 4. The van der Waals surface area contributed by atoms with E-state index in [-0.39, 0.29) is 0 Å². The van der Waals surface area contributed by atoms with Crippen LogP contribution in [0.5, 0.6) is 0 Å². The van der Waals surface area contributed by atoms with Crippen LogP contribution in [-0.2, 0) is 0 Å². The van der Waals surface area contributed by atoms with Gasteiger partial charge in [-0.15, -0.1) is 0 Å². The Bertz CT molecular complexity index is 2120. The molecule has 0 aliphatic heterocycles. The van der Waals surface area contributed by atoms with Crippen LogP contribution in [0.1, 0.15) is 51.2 Å². The first-order valence-electron chi connectivity index (χ1n) is 13.9. The van der Waals surface area contributed by atoms with Gasteiger partial charge in [-0.2, -0.15) is 0 Å². The van der Waals surface area contributed by atoms with Crippen LogP contribution in [0.2, 0.25) is 0 Å². The molecule has 2 N–H and O–H groups in total. The SMILES string of the molecule is CC(C)c1nc2c3cnccc3c3cc(-c4ccc5c(c4)c4cccnc4c4[nH]c(C(C)C)nc54)ccc3c2[nH]1. The lowest BCUT2D eigenvalue weighted by Gasteiger charge is -2.11. The van der Waals surface area contributed by atoms with Crippen molar-refractivity contribution in [3.8, 4) is 11.1 Å². The van der Waals surface area contributed by atoms with Gasteiger partial charge in [-0.1, -0.05) is 58.0 Å². The summed E-state index contributed by atoms with van der Waals surface area (Å²) in [4.78, 5) is 26.3. The van der Waals surface area contributed by atoms with Gasteiger partial charge in [0, 0.05) is 52.0 Å². The first-order chi connectivity index (χ1) is 19.5. The second-order valence-electron chi connectivity index (χ2n) is 11.3. The number of rotatable bonds is 3. The molecule has 40 heavy (non-hydrogen) atoms. The lowest BCUT2D eigenvalue weighted by atomic mass is 9.94. The Morgan fingerprint density at radius 3 is 1.90 bits per heavy atom. The predicted molar refractivity (Wildman–Crippen MR) is 165 cm³/mol. The van der Waals surface area contributed by atoms with E-state index in [1.807, 2.05) is 24.7 Å². The van der Waals surface area contributed by atoms with Gasteiger partial charge in [-0.25, -0.2) is 9.97 Å². The molecule has 0 saturated heterocycles. The van der Waals surface area contributed by atoms with Crippen molar-refractivity contribution >= 4 is 65.3 Å². The molecule has 8 rings (SSSR count). The number of aromatic amines is 2. The summed E-state index contributed by atoms with van der Waals surface area (Å²) in [5.74, 6) is 2.60. The van der Waals surface area contributed by atoms with Crippen LogP contribution < -0.4 is 0 Å². The van der Waals surface area contributed by atoms with E-state index >= 15 is 0 Å². The number of imidazole rings is 2. The predicted octanol–water partition coefficient (Wildman–Crippen LogP) is 8.76. The minimum absolute atomic E-state index is 0.307. The summed E-state index contributed by atoms with van der Waals surface area (Å²) in [5.41, 5.74) is 7.33. The van der Waals surface area contributed by atoms with Crippen LogP contribution in [-0.4, -0.2) is 29.9 Å². The Labute approximate surface area is 230 Å². The molecule has 0 aliphatic carbocycles. The van der Waals surface area contributed by atoms with Gasteiger partial charge in [0.2, 0.25) is 0 Å². The summed E-state index contributed by atoms with van der Waals surface area (Å²) in [7, 11) is 0. The third kappa shape index (κ3) is 3.22. The number of nitrogens with one attached hydrogen (secondary N) is 2. The van der Waals surface area contributed by atoms with Crippen molar-refractivity contribution in [1.29, 1.82) is 0 Å². The van der Waals surface area contributed by atoms with Crippen molar-refractivity contribution in [2.24, 2.45) is 0 Å². The van der Waals surface area contributed by atoms with Crippen molar-refractivity contribution in [3.05, 3.63) is 84.8 Å². The summed E-state index contributed by atoms with van der Waals surface area (Å²) in [6.45, 7) is 8.65. The van der Waals surface area contributed by atoms with Crippen molar-refractivity contribution < 1.29 is 0 Å². The normalized spacial score (nSPS) is 12.4. The summed E-state index contributed by atoms with van der Waals surface area (Å²) in [5, 5.41) is 8.03. The molecule has 0 spiro atoms. The maximum absolute atomic E-state index is 5.00. The molecule has 0 radical (unpaired) electrons. The van der Waals surface area contributed by atoms with E-state index in [0.29, 0.717) is 11.8 Å². The van der Waals surface area contributed by atoms with Gasteiger partial charge in [0.05, 0.1) is 27.6 Å². The zero-order valence-electron chi connectivity index (χ0n) is 22.9. The fraction of sp³-hybridized carbons (Fsp3) is 0.176. The molecule has 6 nitrogen and oxygen atoms in total. The Morgan fingerprint density at radius 1 is 0.550 bits per heavy atom. The van der Waals surface area contributed by atoms with E-state index in [4.69, 9.17) is 15.0 Å². The minimum Gasteiger partial charge on any atom is -0.341 e. The molecule has 0 unspecified atom stereocenters.